The van der Waals surface area contributed by atoms with Gasteiger partial charge in [0.1, 0.15) is 0 Å². The smallest absolute Gasteiger partial charge is 0.291 e. The lowest BCUT2D eigenvalue weighted by Crippen LogP contribution is -2.02. The van der Waals surface area contributed by atoms with Crippen molar-refractivity contribution in [3.8, 4) is 11.5 Å². The van der Waals surface area contributed by atoms with Crippen LogP contribution in [0, 0.1) is 10.1 Å². The van der Waals surface area contributed by atoms with Crippen molar-refractivity contribution in [1.82, 2.24) is 0 Å². The van der Waals surface area contributed by atoms with Gasteiger partial charge in [-0.2, -0.15) is 0 Å². The van der Waals surface area contributed by atoms with Crippen LogP contribution in [0.25, 0.3) is 10.8 Å². The Morgan fingerprint density at radius 2 is 1.64 bits per heavy atom. The lowest BCUT2D eigenvalue weighted by Gasteiger charge is -2.22. The summed E-state index contributed by atoms with van der Waals surface area (Å²) in [6, 6.07) is 20.4. The van der Waals surface area contributed by atoms with Crippen molar-refractivity contribution >= 4 is 22.1 Å². The second kappa shape index (κ2) is 5.61. The van der Waals surface area contributed by atoms with E-state index in [0.717, 1.165) is 22.9 Å². The molecule has 0 aromatic heterocycles. The zero-order valence-corrected chi connectivity index (χ0v) is 11.4. The first-order chi connectivity index (χ1) is 10.6. The summed E-state index contributed by atoms with van der Waals surface area (Å²) in [7, 11) is 0. The number of para-hydroxylation sites is 2. The van der Waals surface area contributed by atoms with Crippen LogP contribution in [-0.4, -0.2) is 10.3 Å². The molecule has 0 aliphatic carbocycles. The second-order valence-corrected chi connectivity index (χ2v) is 4.62. The van der Waals surface area contributed by atoms with Crippen LogP contribution in [0.2, 0.25) is 0 Å². The fourth-order valence-electron chi connectivity index (χ4n) is 2.38. The van der Waals surface area contributed by atoms with Crippen LogP contribution in [-0.2, 0) is 0 Å². The fourth-order valence-corrected chi connectivity index (χ4v) is 2.38. The Balaban J connectivity index is 0.000000325. The highest BCUT2D eigenvalue weighted by molar-refractivity contribution is 6.00. The topological polar surface area (TPSA) is 84.6 Å². The van der Waals surface area contributed by atoms with Crippen molar-refractivity contribution in [2.45, 2.75) is 0 Å². The predicted molar refractivity (Wildman–Crippen MR) is 82.5 cm³/mol. The number of ether oxygens (including phenoxy) is 1. The third kappa shape index (κ3) is 2.62. The largest absolute Gasteiger partial charge is 0.453 e. The molecule has 1 aliphatic rings. The summed E-state index contributed by atoms with van der Waals surface area (Å²) in [6.07, 6.45) is 0. The molecule has 0 atom stereocenters. The summed E-state index contributed by atoms with van der Waals surface area (Å²) in [5, 5.41) is 19.5. The molecule has 0 amide bonds. The maximum Gasteiger partial charge on any atom is 0.291 e. The number of rotatable bonds is 0. The highest BCUT2D eigenvalue weighted by atomic mass is 16.9. The first-order valence-electron chi connectivity index (χ1n) is 6.54. The normalized spacial score (nSPS) is 11.1. The fraction of sp³-hybridized carbons (Fsp3) is 0. The van der Waals surface area contributed by atoms with Gasteiger partial charge >= 0.3 is 0 Å². The van der Waals surface area contributed by atoms with Gasteiger partial charge in [0.2, 0.25) is 0 Å². The molecule has 1 aliphatic heterocycles. The molecule has 3 aromatic rings. The molecule has 6 heteroatoms. The average molecular weight is 296 g/mol. The summed E-state index contributed by atoms with van der Waals surface area (Å²) in [5.41, 5.74) is 2.06. The maximum atomic E-state index is 8.36. The Kier molecular flexibility index (Phi) is 3.49. The van der Waals surface area contributed by atoms with Gasteiger partial charge in [-0.05, 0) is 23.6 Å². The summed E-state index contributed by atoms with van der Waals surface area (Å²) in [5.74, 6) is 1.76. The molecule has 1 heterocycles. The molecule has 0 saturated carbocycles. The molecule has 110 valence electrons. The van der Waals surface area contributed by atoms with E-state index in [-0.39, 0.29) is 0 Å². The Bertz CT molecular complexity index is 844. The van der Waals surface area contributed by atoms with E-state index in [0.29, 0.717) is 0 Å². The molecule has 0 fully saturated rings. The Morgan fingerprint density at radius 3 is 2.45 bits per heavy atom. The molecule has 6 nitrogen and oxygen atoms in total. The van der Waals surface area contributed by atoms with E-state index in [9.17, 15) is 0 Å². The molecular formula is C16H12N2O4. The molecule has 3 aromatic carbocycles. The molecule has 0 bridgehead atoms. The van der Waals surface area contributed by atoms with Crippen molar-refractivity contribution in [3.63, 3.8) is 0 Å². The standard InChI is InChI=1S/C16H11NO.HNO3/c1-2-6-12-11(5-1)9-10-15-16(12)17-13-7-3-4-8-14(13)18-15;2-1(3)4/h1-10,17H;(H,2,3,4). The molecule has 22 heavy (non-hydrogen) atoms. The summed E-state index contributed by atoms with van der Waals surface area (Å²) in [6.45, 7) is 0. The van der Waals surface area contributed by atoms with Gasteiger partial charge in [0.25, 0.3) is 5.09 Å². The number of benzene rings is 3. The van der Waals surface area contributed by atoms with Gasteiger partial charge in [-0.25, -0.2) is 0 Å². The van der Waals surface area contributed by atoms with Crippen molar-refractivity contribution < 1.29 is 15.0 Å². The van der Waals surface area contributed by atoms with E-state index >= 15 is 0 Å². The summed E-state index contributed by atoms with van der Waals surface area (Å²) >= 11 is 0. The van der Waals surface area contributed by atoms with Gasteiger partial charge in [-0.15, -0.1) is 10.1 Å². The molecular weight excluding hydrogens is 284 g/mol. The number of anilines is 2. The third-order valence-corrected chi connectivity index (χ3v) is 3.26. The van der Waals surface area contributed by atoms with Crippen LogP contribution in [0.3, 0.4) is 0 Å². The summed E-state index contributed by atoms with van der Waals surface area (Å²) in [4.78, 5) is 8.36. The molecule has 2 N–H and O–H groups in total. The monoisotopic (exact) mass is 296 g/mol. The van der Waals surface area contributed by atoms with E-state index in [2.05, 4.69) is 23.5 Å². The minimum absolute atomic E-state index is 0.875. The first-order valence-corrected chi connectivity index (χ1v) is 6.54. The van der Waals surface area contributed by atoms with Crippen LogP contribution >= 0.6 is 0 Å². The molecule has 0 radical (unpaired) electrons. The molecule has 4 rings (SSSR count). The molecule has 0 spiro atoms. The number of hydrogen-bond donors (Lipinski definition) is 2. The van der Waals surface area contributed by atoms with Crippen molar-refractivity contribution in [2.24, 2.45) is 0 Å². The van der Waals surface area contributed by atoms with Crippen LogP contribution in [0.1, 0.15) is 0 Å². The zero-order valence-electron chi connectivity index (χ0n) is 11.4. The summed E-state index contributed by atoms with van der Waals surface area (Å²) < 4.78 is 5.92. The van der Waals surface area contributed by atoms with Crippen LogP contribution in [0.5, 0.6) is 11.5 Å². The van der Waals surface area contributed by atoms with Gasteiger partial charge in [0.15, 0.2) is 11.5 Å². The lowest BCUT2D eigenvalue weighted by molar-refractivity contribution is -0.742. The predicted octanol–water partition coefficient (Wildman–Crippen LogP) is 4.34. The van der Waals surface area contributed by atoms with Crippen molar-refractivity contribution in [1.29, 1.82) is 0 Å². The highest BCUT2D eigenvalue weighted by Gasteiger charge is 2.17. The number of nitrogens with zero attached hydrogens (tertiary/aromatic N) is 1. The van der Waals surface area contributed by atoms with Crippen LogP contribution in [0.4, 0.5) is 11.4 Å². The van der Waals surface area contributed by atoms with Gasteiger partial charge in [0.05, 0.1) is 11.4 Å². The van der Waals surface area contributed by atoms with E-state index in [1.807, 2.05) is 42.5 Å². The van der Waals surface area contributed by atoms with Gasteiger partial charge < -0.3 is 15.3 Å². The minimum Gasteiger partial charge on any atom is -0.453 e. The zero-order chi connectivity index (χ0) is 15.5. The van der Waals surface area contributed by atoms with Gasteiger partial charge in [-0.3, -0.25) is 0 Å². The quantitative estimate of drug-likeness (QED) is 0.372. The Hall–Kier alpha value is -3.28. The number of hydrogen-bond acceptors (Lipinski definition) is 4. The van der Waals surface area contributed by atoms with E-state index in [1.165, 1.54) is 10.8 Å². The van der Waals surface area contributed by atoms with Crippen LogP contribution < -0.4 is 10.1 Å². The van der Waals surface area contributed by atoms with E-state index in [1.54, 1.807) is 0 Å². The van der Waals surface area contributed by atoms with Crippen LogP contribution in [0.15, 0.2) is 60.7 Å². The maximum absolute atomic E-state index is 8.36. The van der Waals surface area contributed by atoms with Crippen molar-refractivity contribution in [3.05, 3.63) is 70.8 Å². The Labute approximate surface area is 125 Å². The highest BCUT2D eigenvalue weighted by Crippen LogP contribution is 2.44. The first kappa shape index (κ1) is 13.7. The SMILES string of the molecule is O=[N+]([O-])O.c1ccc2c(c1)Nc1c(ccc3ccccc13)O2. The number of nitrogens with one attached hydrogen (secondary N) is 1. The van der Waals surface area contributed by atoms with E-state index < -0.39 is 5.09 Å². The van der Waals surface area contributed by atoms with E-state index in [4.69, 9.17) is 20.1 Å². The minimum atomic E-state index is -1.50. The molecule has 0 unspecified atom stereocenters. The molecule has 0 saturated heterocycles. The lowest BCUT2D eigenvalue weighted by atomic mass is 10.1. The van der Waals surface area contributed by atoms with Gasteiger partial charge in [-0.1, -0.05) is 42.5 Å². The average Bonchev–Trinajstić information content (AvgIpc) is 2.52. The Morgan fingerprint density at radius 1 is 0.955 bits per heavy atom. The van der Waals surface area contributed by atoms with Gasteiger partial charge in [0, 0.05) is 5.39 Å². The third-order valence-electron chi connectivity index (χ3n) is 3.26. The van der Waals surface area contributed by atoms with Crippen molar-refractivity contribution in [2.75, 3.05) is 5.32 Å². The second-order valence-electron chi connectivity index (χ2n) is 4.62. The number of fused-ring (bicyclic) bond motifs is 4.